The Morgan fingerprint density at radius 2 is 1.16 bits per heavy atom. The van der Waals surface area contributed by atoms with Crippen LogP contribution in [0.2, 0.25) is 0 Å². The third-order valence-electron chi connectivity index (χ3n) is 5.37. The molecule has 31 heavy (non-hydrogen) atoms. The van der Waals surface area contributed by atoms with E-state index < -0.39 is 0 Å². The third kappa shape index (κ3) is 4.58. The van der Waals surface area contributed by atoms with Crippen LogP contribution in [0.25, 0.3) is 22.5 Å². The van der Waals surface area contributed by atoms with Crippen molar-refractivity contribution in [2.45, 2.75) is 46.0 Å². The van der Waals surface area contributed by atoms with Crippen molar-refractivity contribution < 1.29 is 9.59 Å². The topological polar surface area (TPSA) is 110 Å². The average Bonchev–Trinajstić information content (AvgIpc) is 2.75. The molecule has 3 aromatic heterocycles. The van der Waals surface area contributed by atoms with Gasteiger partial charge >= 0.3 is 0 Å². The molecule has 160 valence electrons. The molecule has 1 aliphatic carbocycles. The number of nitrogens with zero attached hydrogens (tertiary/aromatic N) is 4. The summed E-state index contributed by atoms with van der Waals surface area (Å²) in [4.78, 5) is 30.4. The summed E-state index contributed by atoms with van der Waals surface area (Å²) in [6.07, 6.45) is 14.1. The van der Waals surface area contributed by atoms with E-state index in [-0.39, 0.29) is 7.43 Å². The Morgan fingerprint density at radius 3 is 1.58 bits per heavy atom. The fourth-order valence-electron chi connectivity index (χ4n) is 3.99. The first kappa shape index (κ1) is 22.0. The lowest BCUT2D eigenvalue weighted by atomic mass is 9.88. The summed E-state index contributed by atoms with van der Waals surface area (Å²) in [6, 6.07) is 3.70. The zero-order chi connectivity index (χ0) is 20.8. The molecule has 0 unspecified atom stereocenters. The van der Waals surface area contributed by atoms with Gasteiger partial charge in [0.05, 0.1) is 35.2 Å². The number of amides is 2. The smallest absolute Gasteiger partial charge is 0.211 e. The maximum atomic E-state index is 11.1. The van der Waals surface area contributed by atoms with Gasteiger partial charge in [0, 0.05) is 23.5 Å². The summed E-state index contributed by atoms with van der Waals surface area (Å²) in [5.74, 6) is 0. The fraction of sp³-hybridized carbons (Fsp3) is 0.304. The highest BCUT2D eigenvalue weighted by molar-refractivity contribution is 5.87. The molecule has 0 atom stereocenters. The Balaban J connectivity index is 0.00000272. The van der Waals surface area contributed by atoms with Crippen LogP contribution in [0.3, 0.4) is 0 Å². The van der Waals surface area contributed by atoms with Crippen LogP contribution in [-0.2, 0) is 22.4 Å². The van der Waals surface area contributed by atoms with Crippen molar-refractivity contribution >= 4 is 24.2 Å². The van der Waals surface area contributed by atoms with Gasteiger partial charge in [0.1, 0.15) is 0 Å². The van der Waals surface area contributed by atoms with Crippen LogP contribution in [0.4, 0.5) is 11.4 Å². The molecule has 0 saturated carbocycles. The number of rotatable bonds is 6. The number of carbonyl (C=O) groups excluding carboxylic acids is 2. The summed E-state index contributed by atoms with van der Waals surface area (Å²) in [6.45, 7) is 0. The first-order chi connectivity index (χ1) is 14.8. The van der Waals surface area contributed by atoms with Crippen LogP contribution >= 0.6 is 0 Å². The molecule has 0 bridgehead atoms. The molecule has 1 aliphatic rings. The van der Waals surface area contributed by atoms with Gasteiger partial charge in [-0.05, 0) is 48.9 Å². The largest absolute Gasteiger partial charge is 0.327 e. The van der Waals surface area contributed by atoms with E-state index in [1.165, 1.54) is 12.8 Å². The maximum absolute atomic E-state index is 11.1. The molecular weight excluding hydrogens is 392 g/mol. The van der Waals surface area contributed by atoms with Gasteiger partial charge in [0.2, 0.25) is 12.8 Å². The van der Waals surface area contributed by atoms with Crippen LogP contribution in [0.15, 0.2) is 36.9 Å². The lowest BCUT2D eigenvalue weighted by Crippen LogP contribution is -2.10. The van der Waals surface area contributed by atoms with Crippen molar-refractivity contribution in [2.75, 3.05) is 10.6 Å². The summed E-state index contributed by atoms with van der Waals surface area (Å²) in [5, 5.41) is 14.6. The first-order valence-corrected chi connectivity index (χ1v) is 10.0. The number of aromatic nitrogens is 4. The molecule has 0 aliphatic heterocycles. The highest BCUT2D eigenvalue weighted by Gasteiger charge is 2.22. The van der Waals surface area contributed by atoms with Gasteiger partial charge in [-0.3, -0.25) is 19.6 Å². The minimum absolute atomic E-state index is 0. The van der Waals surface area contributed by atoms with Crippen molar-refractivity contribution in [1.29, 1.82) is 0 Å². The number of carbonyl (C=O) groups is 2. The minimum atomic E-state index is 0. The van der Waals surface area contributed by atoms with Gasteiger partial charge in [-0.1, -0.05) is 20.3 Å². The second kappa shape index (κ2) is 10.4. The van der Waals surface area contributed by atoms with E-state index in [0.717, 1.165) is 59.3 Å². The Hall–Kier alpha value is -3.68. The molecular formula is C23H26N6O2. The summed E-state index contributed by atoms with van der Waals surface area (Å²) in [7, 11) is 0. The second-order valence-electron chi connectivity index (χ2n) is 7.14. The Kier molecular flexibility index (Phi) is 7.37. The molecule has 8 heteroatoms. The van der Waals surface area contributed by atoms with E-state index in [2.05, 4.69) is 30.8 Å². The minimum Gasteiger partial charge on any atom is -0.327 e. The number of hydrogen-bond donors (Lipinski definition) is 2. The van der Waals surface area contributed by atoms with E-state index >= 15 is 0 Å². The predicted octanol–water partition coefficient (Wildman–Crippen LogP) is 4.03. The molecule has 0 saturated heterocycles. The number of nitrogens with one attached hydrogen (secondary N) is 2. The van der Waals surface area contributed by atoms with Crippen LogP contribution < -0.4 is 10.6 Å². The number of fused-ring (bicyclic) bond motifs is 1. The second-order valence-corrected chi connectivity index (χ2v) is 7.14. The first-order valence-electron chi connectivity index (χ1n) is 10.0. The number of hydrogen-bond acceptors (Lipinski definition) is 6. The molecule has 2 amide bonds. The summed E-state index contributed by atoms with van der Waals surface area (Å²) < 4.78 is 0. The van der Waals surface area contributed by atoms with Crippen molar-refractivity contribution in [2.24, 2.45) is 0 Å². The van der Waals surface area contributed by atoms with Crippen LogP contribution in [0.1, 0.15) is 44.2 Å². The summed E-state index contributed by atoms with van der Waals surface area (Å²) >= 11 is 0. The van der Waals surface area contributed by atoms with E-state index in [1.54, 1.807) is 24.8 Å². The summed E-state index contributed by atoms with van der Waals surface area (Å²) in [5.41, 5.74) is 6.60. The monoisotopic (exact) mass is 418 g/mol. The van der Waals surface area contributed by atoms with E-state index in [0.29, 0.717) is 24.2 Å². The normalized spacial score (nSPS) is 13.0. The highest BCUT2D eigenvalue weighted by Crippen LogP contribution is 2.37. The van der Waals surface area contributed by atoms with Gasteiger partial charge in [-0.15, -0.1) is 10.2 Å². The van der Waals surface area contributed by atoms with Crippen molar-refractivity contribution in [3.63, 3.8) is 0 Å². The van der Waals surface area contributed by atoms with Crippen molar-refractivity contribution in [3.8, 4) is 22.5 Å². The molecule has 3 aromatic rings. The molecule has 2 N–H and O–H groups in total. The van der Waals surface area contributed by atoms with Gasteiger partial charge < -0.3 is 10.6 Å². The Labute approximate surface area is 181 Å². The third-order valence-corrected chi connectivity index (χ3v) is 5.37. The fourth-order valence-corrected chi connectivity index (χ4v) is 3.99. The van der Waals surface area contributed by atoms with E-state index in [9.17, 15) is 9.59 Å². The lowest BCUT2D eigenvalue weighted by molar-refractivity contribution is -0.106. The quantitative estimate of drug-likeness (QED) is 0.585. The lowest BCUT2D eigenvalue weighted by Gasteiger charge is -2.21. The standard InChI is InChI=1S/C22H22N6O2.CH4/c29-13-25-19-11-23-9-7-17(19)21-15-5-3-1-2-4-6-16(15)22(28-27-21)18-8-10-24-12-20(18)26-14-30;/h7-14H,1-6H2,(H,25,29)(H,26,30);1H4. The average molecular weight is 419 g/mol. The van der Waals surface area contributed by atoms with Crippen LogP contribution in [0, 0.1) is 0 Å². The van der Waals surface area contributed by atoms with Gasteiger partial charge in [-0.2, -0.15) is 0 Å². The highest BCUT2D eigenvalue weighted by atomic mass is 16.1. The molecule has 3 heterocycles. The molecule has 4 rings (SSSR count). The molecule has 0 radical (unpaired) electrons. The van der Waals surface area contributed by atoms with Gasteiger partial charge in [0.25, 0.3) is 0 Å². The number of pyridine rings is 2. The SMILES string of the molecule is C.O=CNc1cnccc1-c1nnc(-c2ccncc2NC=O)c2c1CCCCCC2. The Bertz CT molecular complexity index is 985. The zero-order valence-electron chi connectivity index (χ0n) is 16.5. The van der Waals surface area contributed by atoms with Crippen LogP contribution in [-0.4, -0.2) is 33.0 Å². The zero-order valence-corrected chi connectivity index (χ0v) is 16.5. The molecule has 0 spiro atoms. The van der Waals surface area contributed by atoms with Crippen molar-refractivity contribution in [1.82, 2.24) is 20.2 Å². The van der Waals surface area contributed by atoms with Crippen LogP contribution in [0.5, 0.6) is 0 Å². The van der Waals surface area contributed by atoms with Gasteiger partial charge in [0.15, 0.2) is 0 Å². The van der Waals surface area contributed by atoms with Crippen molar-refractivity contribution in [3.05, 3.63) is 48.0 Å². The predicted molar refractivity (Wildman–Crippen MR) is 120 cm³/mol. The Morgan fingerprint density at radius 1 is 0.710 bits per heavy atom. The van der Waals surface area contributed by atoms with E-state index in [4.69, 9.17) is 0 Å². The molecule has 0 aromatic carbocycles. The number of anilines is 2. The van der Waals surface area contributed by atoms with E-state index in [1.807, 2.05) is 12.1 Å². The maximum Gasteiger partial charge on any atom is 0.211 e. The van der Waals surface area contributed by atoms with Gasteiger partial charge in [-0.25, -0.2) is 0 Å². The molecule has 0 fully saturated rings. The molecule has 8 nitrogen and oxygen atoms in total.